The van der Waals surface area contributed by atoms with Crippen LogP contribution in [0.15, 0.2) is 30.5 Å². The van der Waals surface area contributed by atoms with Gasteiger partial charge in [0.15, 0.2) is 6.29 Å². The Labute approximate surface area is 86.2 Å². The van der Waals surface area contributed by atoms with E-state index < -0.39 is 0 Å². The zero-order valence-corrected chi connectivity index (χ0v) is 7.77. The Bertz CT molecular complexity index is 520. The lowest BCUT2D eigenvalue weighted by Crippen LogP contribution is -1.82. The Morgan fingerprint density at radius 3 is 2.60 bits per heavy atom. The molecule has 0 aliphatic rings. The molecule has 0 spiro atoms. The summed E-state index contributed by atoms with van der Waals surface area (Å²) in [5.74, 6) is 0.626. The van der Waals surface area contributed by atoms with Crippen molar-refractivity contribution in [3.63, 3.8) is 0 Å². The summed E-state index contributed by atoms with van der Waals surface area (Å²) in [5, 5.41) is 8.62. The predicted octanol–water partition coefficient (Wildman–Crippen LogP) is 1.76. The molecule has 0 unspecified atom stereocenters. The number of hydrogen-bond donors (Lipinski definition) is 1. The molecule has 0 atom stereocenters. The number of aromatic nitrogens is 2. The Morgan fingerprint density at radius 1 is 1.33 bits per heavy atom. The smallest absolute Gasteiger partial charge is 0.167 e. The van der Waals surface area contributed by atoms with Gasteiger partial charge in [-0.3, -0.25) is 4.79 Å². The summed E-state index contributed by atoms with van der Waals surface area (Å²) in [6, 6.07) is 9.02. The van der Waals surface area contributed by atoms with E-state index >= 15 is 0 Å². The molecule has 0 bridgehead atoms. The van der Waals surface area contributed by atoms with Crippen LogP contribution in [0.1, 0.15) is 16.1 Å². The molecule has 72 valence electrons. The van der Waals surface area contributed by atoms with Crippen molar-refractivity contribution in [1.82, 2.24) is 9.97 Å². The third-order valence-corrected chi connectivity index (χ3v) is 2.01. The summed E-state index contributed by atoms with van der Waals surface area (Å²) in [6.45, 7) is 0. The summed E-state index contributed by atoms with van der Waals surface area (Å²) < 4.78 is 0. The fourth-order valence-electron chi connectivity index (χ4n) is 1.24. The van der Waals surface area contributed by atoms with Gasteiger partial charge in [-0.05, 0) is 24.3 Å². The minimum absolute atomic E-state index is 0.439. The fraction of sp³-hybridized carbons (Fsp3) is 0. The summed E-state index contributed by atoms with van der Waals surface area (Å²) in [5.41, 5.74) is 1.89. The summed E-state index contributed by atoms with van der Waals surface area (Å²) in [6.07, 6.45) is 2.18. The molecule has 1 aromatic heterocycles. The first-order valence-corrected chi connectivity index (χ1v) is 4.34. The number of nitriles is 1. The fourth-order valence-corrected chi connectivity index (χ4v) is 1.24. The van der Waals surface area contributed by atoms with E-state index in [4.69, 9.17) is 5.26 Å². The molecule has 0 aliphatic heterocycles. The maximum absolute atomic E-state index is 10.4. The topological polar surface area (TPSA) is 69.5 Å². The van der Waals surface area contributed by atoms with Crippen molar-refractivity contribution >= 4 is 6.29 Å². The monoisotopic (exact) mass is 197 g/mol. The van der Waals surface area contributed by atoms with Crippen LogP contribution in [0.2, 0.25) is 0 Å². The van der Waals surface area contributed by atoms with Gasteiger partial charge in [-0.25, -0.2) is 4.98 Å². The van der Waals surface area contributed by atoms with Crippen molar-refractivity contribution in [2.24, 2.45) is 0 Å². The molecule has 0 amide bonds. The number of rotatable bonds is 2. The molecule has 4 heteroatoms. The van der Waals surface area contributed by atoms with Gasteiger partial charge in [-0.15, -0.1) is 0 Å². The van der Waals surface area contributed by atoms with Crippen molar-refractivity contribution in [3.05, 3.63) is 41.7 Å². The summed E-state index contributed by atoms with van der Waals surface area (Å²) in [4.78, 5) is 17.3. The van der Waals surface area contributed by atoms with Crippen molar-refractivity contribution in [3.8, 4) is 17.5 Å². The second-order valence-electron chi connectivity index (χ2n) is 2.99. The molecular formula is C11H7N3O. The van der Waals surface area contributed by atoms with E-state index in [1.165, 1.54) is 6.20 Å². The first-order chi connectivity index (χ1) is 7.33. The van der Waals surface area contributed by atoms with E-state index in [0.717, 1.165) is 5.56 Å². The van der Waals surface area contributed by atoms with Crippen molar-refractivity contribution in [2.45, 2.75) is 0 Å². The van der Waals surface area contributed by atoms with E-state index in [1.807, 2.05) is 6.07 Å². The van der Waals surface area contributed by atoms with E-state index in [1.54, 1.807) is 24.3 Å². The van der Waals surface area contributed by atoms with Crippen LogP contribution in [-0.4, -0.2) is 16.3 Å². The molecule has 4 nitrogen and oxygen atoms in total. The number of hydrogen-bond acceptors (Lipinski definition) is 3. The molecular weight excluding hydrogens is 190 g/mol. The lowest BCUT2D eigenvalue weighted by atomic mass is 10.1. The van der Waals surface area contributed by atoms with E-state index in [9.17, 15) is 4.79 Å². The Morgan fingerprint density at radius 2 is 2.07 bits per heavy atom. The van der Waals surface area contributed by atoms with Crippen LogP contribution in [0, 0.1) is 11.3 Å². The van der Waals surface area contributed by atoms with Crippen molar-refractivity contribution in [1.29, 1.82) is 5.26 Å². The third-order valence-electron chi connectivity index (χ3n) is 2.01. The number of nitrogens with one attached hydrogen (secondary N) is 1. The average Bonchev–Trinajstić information content (AvgIpc) is 2.78. The third kappa shape index (κ3) is 1.76. The lowest BCUT2D eigenvalue weighted by Gasteiger charge is -1.95. The maximum atomic E-state index is 10.4. The maximum Gasteiger partial charge on any atom is 0.167 e. The highest BCUT2D eigenvalue weighted by Crippen LogP contribution is 2.15. The average molecular weight is 197 g/mol. The number of carbonyl (C=O) groups excluding carboxylic acids is 1. The van der Waals surface area contributed by atoms with Gasteiger partial charge in [0.2, 0.25) is 0 Å². The highest BCUT2D eigenvalue weighted by Gasteiger charge is 2.02. The molecule has 1 aromatic carbocycles. The molecule has 2 rings (SSSR count). The van der Waals surface area contributed by atoms with Crippen LogP contribution in [-0.2, 0) is 0 Å². The quantitative estimate of drug-likeness (QED) is 0.746. The van der Waals surface area contributed by atoms with E-state index in [2.05, 4.69) is 9.97 Å². The Hall–Kier alpha value is -2.41. The van der Waals surface area contributed by atoms with Crippen LogP contribution in [0.3, 0.4) is 0 Å². The van der Waals surface area contributed by atoms with Gasteiger partial charge >= 0.3 is 0 Å². The van der Waals surface area contributed by atoms with Gasteiger partial charge in [0.25, 0.3) is 0 Å². The zero-order chi connectivity index (χ0) is 10.7. The molecule has 0 saturated carbocycles. The lowest BCUT2D eigenvalue weighted by molar-refractivity contribution is 0.111. The van der Waals surface area contributed by atoms with Crippen LogP contribution < -0.4 is 0 Å². The van der Waals surface area contributed by atoms with Crippen LogP contribution >= 0.6 is 0 Å². The molecule has 0 fully saturated rings. The largest absolute Gasteiger partial charge is 0.336 e. The standard InChI is InChI=1S/C11H7N3O/c12-5-8-1-3-9(4-2-8)11-13-6-10(7-15)14-11/h1-4,6-7H,(H,13,14). The first-order valence-electron chi connectivity index (χ1n) is 4.34. The number of aromatic amines is 1. The van der Waals surface area contributed by atoms with Crippen LogP contribution in [0.25, 0.3) is 11.4 Å². The highest BCUT2D eigenvalue weighted by molar-refractivity contribution is 5.73. The minimum Gasteiger partial charge on any atom is -0.336 e. The second-order valence-corrected chi connectivity index (χ2v) is 2.99. The van der Waals surface area contributed by atoms with Gasteiger partial charge in [-0.2, -0.15) is 5.26 Å². The van der Waals surface area contributed by atoms with Crippen LogP contribution in [0.4, 0.5) is 0 Å². The molecule has 15 heavy (non-hydrogen) atoms. The van der Waals surface area contributed by atoms with Gasteiger partial charge < -0.3 is 4.98 Å². The number of carbonyl (C=O) groups is 1. The predicted molar refractivity (Wildman–Crippen MR) is 54.1 cm³/mol. The second kappa shape index (κ2) is 3.76. The molecule has 1 heterocycles. The minimum atomic E-state index is 0.439. The van der Waals surface area contributed by atoms with E-state index in [0.29, 0.717) is 23.4 Å². The highest BCUT2D eigenvalue weighted by atomic mass is 16.1. The summed E-state index contributed by atoms with van der Waals surface area (Å²) in [7, 11) is 0. The molecule has 1 N–H and O–H groups in total. The number of aldehydes is 1. The number of nitrogens with zero attached hydrogens (tertiary/aromatic N) is 2. The van der Waals surface area contributed by atoms with Crippen LogP contribution in [0.5, 0.6) is 0 Å². The molecule has 0 saturated heterocycles. The molecule has 0 aliphatic carbocycles. The Kier molecular flexibility index (Phi) is 2.30. The number of H-pyrrole nitrogens is 1. The number of benzene rings is 1. The van der Waals surface area contributed by atoms with Crippen molar-refractivity contribution in [2.75, 3.05) is 0 Å². The SMILES string of the molecule is N#Cc1ccc(-c2ncc(C=O)[nH]2)cc1. The molecule has 2 aromatic rings. The molecule has 0 radical (unpaired) electrons. The Balaban J connectivity index is 2.37. The normalized spacial score (nSPS) is 9.53. The van der Waals surface area contributed by atoms with Gasteiger partial charge in [0, 0.05) is 5.56 Å². The van der Waals surface area contributed by atoms with Crippen molar-refractivity contribution < 1.29 is 4.79 Å². The van der Waals surface area contributed by atoms with Gasteiger partial charge in [0.05, 0.1) is 23.5 Å². The number of imidazole rings is 1. The van der Waals surface area contributed by atoms with E-state index in [-0.39, 0.29) is 0 Å². The van der Waals surface area contributed by atoms with Gasteiger partial charge in [-0.1, -0.05) is 0 Å². The van der Waals surface area contributed by atoms with Gasteiger partial charge in [0.1, 0.15) is 5.82 Å². The first kappa shape index (κ1) is 9.16. The zero-order valence-electron chi connectivity index (χ0n) is 7.77. The summed E-state index contributed by atoms with van der Waals surface area (Å²) >= 11 is 0.